The quantitative estimate of drug-likeness (QED) is 0.471. The Hall–Kier alpha value is -3.95. The van der Waals surface area contributed by atoms with E-state index in [0.717, 1.165) is 16.5 Å². The van der Waals surface area contributed by atoms with Crippen molar-refractivity contribution in [3.8, 4) is 22.8 Å². The molecule has 5 rings (SSSR count). The number of sulfonamides is 1. The van der Waals surface area contributed by atoms with Crippen molar-refractivity contribution in [2.24, 2.45) is 5.14 Å². The average molecular weight is 461 g/mol. The van der Waals surface area contributed by atoms with E-state index in [1.807, 2.05) is 42.5 Å². The van der Waals surface area contributed by atoms with Crippen molar-refractivity contribution in [2.75, 3.05) is 6.79 Å². The molecule has 166 valence electrons. The normalized spacial score (nSPS) is 12.6. The van der Waals surface area contributed by atoms with Gasteiger partial charge in [0, 0.05) is 17.5 Å². The molecule has 33 heavy (non-hydrogen) atoms. The maximum atomic E-state index is 13.1. The number of aromatic nitrogens is 1. The van der Waals surface area contributed by atoms with Gasteiger partial charge < -0.3 is 14.8 Å². The van der Waals surface area contributed by atoms with Crippen molar-refractivity contribution in [2.45, 2.75) is 11.4 Å². The fourth-order valence-corrected chi connectivity index (χ4v) is 4.16. The zero-order chi connectivity index (χ0) is 23.0. The number of carbonyl (C=O) groups is 1. The van der Waals surface area contributed by atoms with Crippen molar-refractivity contribution in [3.05, 3.63) is 83.9 Å². The van der Waals surface area contributed by atoms with Crippen LogP contribution in [0.25, 0.3) is 22.2 Å². The molecule has 0 radical (unpaired) electrons. The predicted molar refractivity (Wildman–Crippen MR) is 122 cm³/mol. The van der Waals surface area contributed by atoms with Crippen LogP contribution in [0, 0.1) is 0 Å². The second kappa shape index (κ2) is 8.19. The van der Waals surface area contributed by atoms with E-state index in [9.17, 15) is 13.2 Å². The second-order valence-electron chi connectivity index (χ2n) is 7.51. The van der Waals surface area contributed by atoms with E-state index in [1.54, 1.807) is 18.2 Å². The van der Waals surface area contributed by atoms with E-state index in [1.165, 1.54) is 12.1 Å². The molecule has 0 saturated heterocycles. The summed E-state index contributed by atoms with van der Waals surface area (Å²) in [5.41, 5.74) is 3.35. The third-order valence-electron chi connectivity index (χ3n) is 5.33. The van der Waals surface area contributed by atoms with Crippen molar-refractivity contribution in [1.82, 2.24) is 10.3 Å². The highest BCUT2D eigenvalue weighted by molar-refractivity contribution is 7.89. The molecule has 1 aliphatic rings. The van der Waals surface area contributed by atoms with E-state index in [4.69, 9.17) is 19.6 Å². The summed E-state index contributed by atoms with van der Waals surface area (Å²) in [6.45, 7) is 0.398. The molecule has 9 heteroatoms. The topological polar surface area (TPSA) is 121 Å². The molecule has 1 amide bonds. The van der Waals surface area contributed by atoms with Gasteiger partial charge in [0.2, 0.25) is 16.8 Å². The summed E-state index contributed by atoms with van der Waals surface area (Å²) >= 11 is 0. The van der Waals surface area contributed by atoms with Gasteiger partial charge in [0.15, 0.2) is 11.5 Å². The van der Waals surface area contributed by atoms with Gasteiger partial charge in [0.25, 0.3) is 5.91 Å². The zero-order valence-corrected chi connectivity index (χ0v) is 18.1. The number of primary sulfonamides is 1. The van der Waals surface area contributed by atoms with Crippen LogP contribution in [0.3, 0.4) is 0 Å². The van der Waals surface area contributed by atoms with Gasteiger partial charge >= 0.3 is 0 Å². The van der Waals surface area contributed by atoms with Crippen LogP contribution >= 0.6 is 0 Å². The molecule has 2 heterocycles. The summed E-state index contributed by atoms with van der Waals surface area (Å²) in [6.07, 6.45) is 0. The van der Waals surface area contributed by atoms with Gasteiger partial charge in [-0.05, 0) is 48.0 Å². The van der Waals surface area contributed by atoms with Crippen LogP contribution in [-0.2, 0) is 16.6 Å². The highest BCUT2D eigenvalue weighted by atomic mass is 32.2. The Kier molecular flexibility index (Phi) is 5.20. The van der Waals surface area contributed by atoms with Crippen molar-refractivity contribution < 1.29 is 22.7 Å². The number of hydrogen-bond donors (Lipinski definition) is 2. The molecule has 1 aromatic heterocycles. The second-order valence-corrected chi connectivity index (χ2v) is 9.07. The van der Waals surface area contributed by atoms with Gasteiger partial charge in [-0.1, -0.05) is 30.3 Å². The molecule has 3 aromatic carbocycles. The highest BCUT2D eigenvalue weighted by Crippen LogP contribution is 2.36. The van der Waals surface area contributed by atoms with Crippen LogP contribution < -0.4 is 19.9 Å². The zero-order valence-electron chi connectivity index (χ0n) is 17.3. The van der Waals surface area contributed by atoms with E-state index in [2.05, 4.69) is 5.32 Å². The largest absolute Gasteiger partial charge is 0.454 e. The first kappa shape index (κ1) is 20.9. The monoisotopic (exact) mass is 461 g/mol. The average Bonchev–Trinajstić information content (AvgIpc) is 3.29. The molecule has 4 aromatic rings. The summed E-state index contributed by atoms with van der Waals surface area (Å²) in [5, 5.41) is 8.75. The maximum Gasteiger partial charge on any atom is 0.252 e. The lowest BCUT2D eigenvalue weighted by atomic mass is 10.0. The third kappa shape index (κ3) is 4.23. The molecule has 1 aliphatic heterocycles. The Morgan fingerprint density at radius 2 is 1.73 bits per heavy atom. The molecule has 0 fully saturated rings. The maximum absolute atomic E-state index is 13.1. The molecule has 8 nitrogen and oxygen atoms in total. The minimum absolute atomic E-state index is 0.0195. The van der Waals surface area contributed by atoms with Gasteiger partial charge in [-0.3, -0.25) is 4.79 Å². The molecule has 0 spiro atoms. The molecule has 0 unspecified atom stereocenters. The van der Waals surface area contributed by atoms with Crippen molar-refractivity contribution in [3.63, 3.8) is 0 Å². The first-order valence-electron chi connectivity index (χ1n) is 10.1. The number of benzene rings is 3. The van der Waals surface area contributed by atoms with Crippen molar-refractivity contribution >= 4 is 26.8 Å². The third-order valence-corrected chi connectivity index (χ3v) is 6.26. The van der Waals surface area contributed by atoms with Gasteiger partial charge in [-0.15, -0.1) is 0 Å². The van der Waals surface area contributed by atoms with Crippen LogP contribution in [0.5, 0.6) is 11.5 Å². The number of hydrogen-bond acceptors (Lipinski definition) is 6. The van der Waals surface area contributed by atoms with Crippen molar-refractivity contribution in [1.29, 1.82) is 0 Å². The number of pyridine rings is 1. The molecular weight excluding hydrogens is 442 g/mol. The van der Waals surface area contributed by atoms with Crippen LogP contribution in [-0.4, -0.2) is 26.1 Å². The molecule has 0 aliphatic carbocycles. The highest BCUT2D eigenvalue weighted by Gasteiger charge is 2.17. The molecule has 0 bridgehead atoms. The molecular formula is C24H19N3O5S. The Bertz CT molecular complexity index is 1480. The number of carbonyl (C=O) groups excluding carboxylic acids is 1. The first-order chi connectivity index (χ1) is 15.9. The number of fused-ring (bicyclic) bond motifs is 2. The number of ether oxygens (including phenoxy) is 2. The van der Waals surface area contributed by atoms with E-state index < -0.39 is 10.0 Å². The minimum atomic E-state index is -3.76. The van der Waals surface area contributed by atoms with E-state index in [-0.39, 0.29) is 24.1 Å². The van der Waals surface area contributed by atoms with Gasteiger partial charge in [0.1, 0.15) is 0 Å². The number of para-hydroxylation sites is 1. The first-order valence-corrected chi connectivity index (χ1v) is 11.6. The number of nitrogens with zero attached hydrogens (tertiary/aromatic N) is 1. The number of nitrogens with one attached hydrogen (secondary N) is 1. The minimum Gasteiger partial charge on any atom is -0.454 e. The van der Waals surface area contributed by atoms with Gasteiger partial charge in [0.05, 0.1) is 21.7 Å². The summed E-state index contributed by atoms with van der Waals surface area (Å²) in [4.78, 5) is 17.9. The van der Waals surface area contributed by atoms with Crippen LogP contribution in [0.4, 0.5) is 0 Å². The smallest absolute Gasteiger partial charge is 0.252 e. The van der Waals surface area contributed by atoms with E-state index >= 15 is 0 Å². The number of nitrogens with two attached hydrogens (primary N) is 1. The molecule has 0 atom stereocenters. The Balaban J connectivity index is 1.45. The lowest BCUT2D eigenvalue weighted by Crippen LogP contribution is -2.23. The van der Waals surface area contributed by atoms with Crippen LogP contribution in [0.2, 0.25) is 0 Å². The Morgan fingerprint density at radius 3 is 2.52 bits per heavy atom. The summed E-state index contributed by atoms with van der Waals surface area (Å²) < 4.78 is 33.7. The molecule has 0 saturated carbocycles. The number of amides is 1. The molecule has 3 N–H and O–H groups in total. The summed E-state index contributed by atoms with van der Waals surface area (Å²) in [5.74, 6) is 1.04. The number of rotatable bonds is 5. The van der Waals surface area contributed by atoms with Gasteiger partial charge in [-0.2, -0.15) is 0 Å². The van der Waals surface area contributed by atoms with Crippen LogP contribution in [0.15, 0.2) is 77.7 Å². The fraction of sp³-hybridized carbons (Fsp3) is 0.0833. The van der Waals surface area contributed by atoms with E-state index in [0.29, 0.717) is 28.3 Å². The van der Waals surface area contributed by atoms with Crippen LogP contribution in [0.1, 0.15) is 15.9 Å². The summed E-state index contributed by atoms with van der Waals surface area (Å²) in [7, 11) is -3.76. The summed E-state index contributed by atoms with van der Waals surface area (Å²) in [6, 6.07) is 20.8. The Labute approximate surface area is 190 Å². The lowest BCUT2D eigenvalue weighted by Gasteiger charge is -2.11. The van der Waals surface area contributed by atoms with Gasteiger partial charge in [-0.25, -0.2) is 18.5 Å². The lowest BCUT2D eigenvalue weighted by molar-refractivity contribution is 0.0952. The fourth-order valence-electron chi connectivity index (χ4n) is 3.64. The predicted octanol–water partition coefficient (Wildman–Crippen LogP) is 3.21. The Morgan fingerprint density at radius 1 is 0.970 bits per heavy atom. The standard InChI is InChI=1S/C24H19N3O5S/c25-33(29,30)17-8-5-15(6-9-17)13-26-24(28)19-12-21(27-20-4-2-1-3-18(19)20)16-7-10-22-23(11-16)32-14-31-22/h1-12H,13-14H2,(H,26,28)(H2,25,29,30). The SMILES string of the molecule is NS(=O)(=O)c1ccc(CNC(=O)c2cc(-c3ccc4c(c3)OCO4)nc3ccccc23)cc1.